The summed E-state index contributed by atoms with van der Waals surface area (Å²) in [7, 11) is 0. The van der Waals surface area contributed by atoms with Gasteiger partial charge in [0.15, 0.2) is 0 Å². The van der Waals surface area contributed by atoms with Crippen LogP contribution in [0.1, 0.15) is 99.0 Å². The first-order valence-electron chi connectivity index (χ1n) is 17.0. The van der Waals surface area contributed by atoms with Gasteiger partial charge in [0.1, 0.15) is 12.1 Å². The van der Waals surface area contributed by atoms with Gasteiger partial charge in [0.25, 0.3) is 0 Å². The van der Waals surface area contributed by atoms with E-state index in [0.29, 0.717) is 50.6 Å². The van der Waals surface area contributed by atoms with Gasteiger partial charge in [0.05, 0.1) is 6.04 Å². The van der Waals surface area contributed by atoms with Crippen molar-refractivity contribution in [1.82, 2.24) is 21.3 Å². The highest BCUT2D eigenvalue weighted by Gasteiger charge is 2.28. The molecule has 47 heavy (non-hydrogen) atoms. The van der Waals surface area contributed by atoms with Crippen LogP contribution in [0.5, 0.6) is 0 Å². The Kier molecular flexibility index (Phi) is 16.2. The van der Waals surface area contributed by atoms with Crippen molar-refractivity contribution in [2.24, 2.45) is 5.73 Å². The molecule has 6 N–H and O–H groups in total. The Morgan fingerprint density at radius 2 is 1.60 bits per heavy atom. The summed E-state index contributed by atoms with van der Waals surface area (Å²) in [6, 6.07) is 14.0. The fourth-order valence-corrected chi connectivity index (χ4v) is 5.57. The Balaban J connectivity index is 1.70. The minimum Gasteiger partial charge on any atom is -0.366 e. The number of hydrogen-bond donors (Lipinski definition) is 5. The normalized spacial score (nSPS) is 18.4. The Morgan fingerprint density at radius 3 is 2.30 bits per heavy atom. The summed E-state index contributed by atoms with van der Waals surface area (Å²) in [5, 5.41) is 11.7. The summed E-state index contributed by atoms with van der Waals surface area (Å²) in [5.74, 6) is -1.77. The smallest absolute Gasteiger partial charge is 0.248 e. The quantitative estimate of drug-likeness (QED) is 0.174. The monoisotopic (exact) mass is 645 g/mol. The Labute approximate surface area is 278 Å². The van der Waals surface area contributed by atoms with Crippen molar-refractivity contribution in [2.45, 2.75) is 109 Å². The van der Waals surface area contributed by atoms with E-state index < -0.39 is 29.9 Å². The molecule has 0 radical (unpaired) electrons. The second kappa shape index (κ2) is 20.6. The molecule has 3 atom stereocenters. The van der Waals surface area contributed by atoms with E-state index >= 15 is 0 Å². The zero-order valence-corrected chi connectivity index (χ0v) is 27.6. The summed E-state index contributed by atoms with van der Waals surface area (Å²) in [6.45, 7) is 2.63. The summed E-state index contributed by atoms with van der Waals surface area (Å²) < 4.78 is 0. The predicted octanol–water partition coefficient (Wildman–Crippen LogP) is 4.02. The largest absolute Gasteiger partial charge is 0.366 e. The third kappa shape index (κ3) is 14.2. The van der Waals surface area contributed by atoms with Gasteiger partial charge in [-0.3, -0.25) is 24.0 Å². The van der Waals surface area contributed by atoms with Gasteiger partial charge in [-0.25, -0.2) is 0 Å². The SMILES string of the molecule is CCCCCCCCCC(=O)N[C@@H](Cc1ccccc1)C(=O)N[C@H]1CCCCNC(=O)/C=C/[C@H](Cc2ccc(C(N)=O)cc2)NC1=O. The molecule has 2 aromatic rings. The Hall–Kier alpha value is -4.47. The van der Waals surface area contributed by atoms with Crippen molar-refractivity contribution in [3.8, 4) is 0 Å². The number of benzene rings is 2. The average Bonchev–Trinajstić information content (AvgIpc) is 3.06. The van der Waals surface area contributed by atoms with Crippen LogP contribution in [0.15, 0.2) is 66.7 Å². The number of primary amides is 1. The average molecular weight is 646 g/mol. The lowest BCUT2D eigenvalue weighted by atomic mass is 10.0. The fraction of sp³-hybridized carbons (Fsp3) is 0.486. The summed E-state index contributed by atoms with van der Waals surface area (Å²) >= 11 is 0. The molecule has 1 heterocycles. The van der Waals surface area contributed by atoms with Crippen LogP contribution in [0, 0.1) is 0 Å². The van der Waals surface area contributed by atoms with E-state index in [0.717, 1.165) is 30.4 Å². The number of rotatable bonds is 16. The number of nitrogens with two attached hydrogens (primary N) is 1. The molecule has 10 heteroatoms. The first-order valence-corrected chi connectivity index (χ1v) is 17.0. The minimum atomic E-state index is -0.845. The van der Waals surface area contributed by atoms with Gasteiger partial charge in [-0.15, -0.1) is 0 Å². The molecule has 0 bridgehead atoms. The van der Waals surface area contributed by atoms with E-state index in [1.807, 2.05) is 30.3 Å². The third-order valence-corrected chi connectivity index (χ3v) is 8.30. The Bertz CT molecular complexity index is 1330. The van der Waals surface area contributed by atoms with Crippen LogP contribution in [0.4, 0.5) is 0 Å². The van der Waals surface area contributed by atoms with E-state index in [1.165, 1.54) is 31.8 Å². The van der Waals surface area contributed by atoms with Gasteiger partial charge in [-0.2, -0.15) is 0 Å². The zero-order valence-electron chi connectivity index (χ0n) is 27.6. The maximum absolute atomic E-state index is 13.7. The molecule has 3 rings (SSSR count). The standard InChI is InChI=1S/C37H51N5O5/c1-2-3-4-5-6-7-11-17-34(44)41-32(26-27-14-9-8-10-15-27)37(47)42-31-16-12-13-24-39-33(43)23-22-30(40-36(31)46)25-28-18-20-29(21-19-28)35(38)45/h8-10,14-15,18-23,30-32H,2-7,11-13,16-17,24-26H2,1H3,(H2,38,45)(H,39,43)(H,40,46)(H,41,44)(H,42,47)/b23-22+/t30-,31+,32+/m1/s1. The maximum Gasteiger partial charge on any atom is 0.248 e. The zero-order chi connectivity index (χ0) is 33.9. The second-order valence-corrected chi connectivity index (χ2v) is 12.3. The van der Waals surface area contributed by atoms with Crippen LogP contribution in [0.25, 0.3) is 0 Å². The predicted molar refractivity (Wildman–Crippen MR) is 183 cm³/mol. The van der Waals surface area contributed by atoms with Crippen molar-refractivity contribution in [3.63, 3.8) is 0 Å². The van der Waals surface area contributed by atoms with Crippen LogP contribution in [-0.4, -0.2) is 54.2 Å². The second-order valence-electron chi connectivity index (χ2n) is 12.3. The van der Waals surface area contributed by atoms with E-state index in [1.54, 1.807) is 30.3 Å². The van der Waals surface area contributed by atoms with Crippen molar-refractivity contribution >= 4 is 29.5 Å². The molecule has 2 aromatic carbocycles. The fourth-order valence-electron chi connectivity index (χ4n) is 5.57. The van der Waals surface area contributed by atoms with Crippen molar-refractivity contribution in [3.05, 3.63) is 83.4 Å². The van der Waals surface area contributed by atoms with Gasteiger partial charge >= 0.3 is 0 Å². The number of carbonyl (C=O) groups is 5. The van der Waals surface area contributed by atoms with Crippen LogP contribution < -0.4 is 27.0 Å². The third-order valence-electron chi connectivity index (χ3n) is 8.30. The lowest BCUT2D eigenvalue weighted by Gasteiger charge is -2.25. The van der Waals surface area contributed by atoms with Gasteiger partial charge in [0, 0.05) is 31.0 Å². The van der Waals surface area contributed by atoms with E-state index in [4.69, 9.17) is 5.73 Å². The van der Waals surface area contributed by atoms with Crippen molar-refractivity contribution < 1.29 is 24.0 Å². The first kappa shape index (κ1) is 37.0. The van der Waals surface area contributed by atoms with Crippen molar-refractivity contribution in [1.29, 1.82) is 0 Å². The highest BCUT2D eigenvalue weighted by atomic mass is 16.2. The molecule has 0 unspecified atom stereocenters. The van der Waals surface area contributed by atoms with Crippen LogP contribution in [0.3, 0.4) is 0 Å². The highest BCUT2D eigenvalue weighted by molar-refractivity contribution is 5.93. The molecule has 10 nitrogen and oxygen atoms in total. The summed E-state index contributed by atoms with van der Waals surface area (Å²) in [6.07, 6.45) is 13.2. The molecule has 0 aliphatic carbocycles. The summed E-state index contributed by atoms with van der Waals surface area (Å²) in [4.78, 5) is 64.1. The molecule has 0 spiro atoms. The molecule has 1 aliphatic heterocycles. The minimum absolute atomic E-state index is 0.180. The van der Waals surface area contributed by atoms with E-state index in [9.17, 15) is 24.0 Å². The molecule has 1 aliphatic rings. The van der Waals surface area contributed by atoms with Crippen molar-refractivity contribution in [2.75, 3.05) is 6.54 Å². The number of nitrogens with one attached hydrogen (secondary N) is 4. The molecule has 0 saturated carbocycles. The van der Waals surface area contributed by atoms with Gasteiger partial charge in [-0.1, -0.05) is 94.0 Å². The molecular formula is C37H51N5O5. The van der Waals surface area contributed by atoms with E-state index in [2.05, 4.69) is 28.2 Å². The topological polar surface area (TPSA) is 159 Å². The maximum atomic E-state index is 13.7. The lowest BCUT2D eigenvalue weighted by molar-refractivity contribution is -0.132. The molecule has 0 fully saturated rings. The molecule has 0 aromatic heterocycles. The van der Waals surface area contributed by atoms with Crippen LogP contribution in [-0.2, 0) is 32.0 Å². The van der Waals surface area contributed by atoms with Crippen LogP contribution >= 0.6 is 0 Å². The first-order chi connectivity index (χ1) is 22.7. The van der Waals surface area contributed by atoms with Gasteiger partial charge in [-0.05, 0) is 55.4 Å². The molecular weight excluding hydrogens is 594 g/mol. The number of amides is 5. The number of unbranched alkanes of at least 4 members (excludes halogenated alkanes) is 6. The Morgan fingerprint density at radius 1 is 0.894 bits per heavy atom. The van der Waals surface area contributed by atoms with Gasteiger partial charge < -0.3 is 27.0 Å². The molecule has 5 amide bonds. The summed E-state index contributed by atoms with van der Waals surface area (Å²) in [5.41, 5.74) is 7.45. The number of hydrogen-bond acceptors (Lipinski definition) is 5. The highest BCUT2D eigenvalue weighted by Crippen LogP contribution is 2.12. The van der Waals surface area contributed by atoms with Crippen LogP contribution in [0.2, 0.25) is 0 Å². The molecule has 0 saturated heterocycles. The molecule has 254 valence electrons. The number of carbonyl (C=O) groups excluding carboxylic acids is 5. The van der Waals surface area contributed by atoms with E-state index in [-0.39, 0.29) is 17.7 Å². The van der Waals surface area contributed by atoms with Gasteiger partial charge in [0.2, 0.25) is 29.5 Å². The lowest BCUT2D eigenvalue weighted by Crippen LogP contribution is -2.55.